The van der Waals surface area contributed by atoms with Gasteiger partial charge in [0, 0.05) is 23.2 Å². The van der Waals surface area contributed by atoms with E-state index in [0.29, 0.717) is 16.9 Å². The van der Waals surface area contributed by atoms with E-state index in [9.17, 15) is 0 Å². The van der Waals surface area contributed by atoms with Crippen LogP contribution in [0.2, 0.25) is 5.02 Å². The minimum absolute atomic E-state index is 0.00995. The smallest absolute Gasteiger partial charge is 0.163 e. The number of rotatable bonds is 7. The van der Waals surface area contributed by atoms with Gasteiger partial charge >= 0.3 is 0 Å². The van der Waals surface area contributed by atoms with Crippen LogP contribution in [0.15, 0.2) is 30.5 Å². The second-order valence-corrected chi connectivity index (χ2v) is 10.6. The number of benzene rings is 1. The first-order valence-electron chi connectivity index (χ1n) is 11.6. The number of piperidine rings is 1. The molecule has 1 aromatic carbocycles. The Kier molecular flexibility index (Phi) is 6.40. The number of thiazole rings is 1. The van der Waals surface area contributed by atoms with Crippen molar-refractivity contribution in [3.05, 3.63) is 46.1 Å². The highest BCUT2D eigenvalue weighted by atomic mass is 35.5. The maximum absolute atomic E-state index is 6.15. The number of halogens is 1. The Morgan fingerprint density at radius 3 is 2.79 bits per heavy atom. The fraction of sp³-hybridized carbons (Fsp3) is 0.458. The van der Waals surface area contributed by atoms with Crippen LogP contribution in [0.4, 0.5) is 11.6 Å². The van der Waals surface area contributed by atoms with E-state index in [1.807, 2.05) is 28.9 Å². The summed E-state index contributed by atoms with van der Waals surface area (Å²) >= 11 is 7.84. The van der Waals surface area contributed by atoms with Crippen LogP contribution < -0.4 is 16.0 Å². The maximum atomic E-state index is 6.15. The number of hydrogen-bond acceptors (Lipinski definition) is 7. The number of aromatic nitrogens is 4. The van der Waals surface area contributed by atoms with Crippen molar-refractivity contribution in [1.82, 2.24) is 24.9 Å². The molecular formula is C24H30ClN7S. The molecule has 0 spiro atoms. The lowest BCUT2D eigenvalue weighted by molar-refractivity contribution is 0.389. The molecule has 4 heterocycles. The number of fused-ring (bicyclic) bond motifs is 2. The summed E-state index contributed by atoms with van der Waals surface area (Å²) in [6.07, 6.45) is 4.32. The predicted molar refractivity (Wildman–Crippen MR) is 138 cm³/mol. The number of anilines is 2. The second kappa shape index (κ2) is 9.44. The zero-order valence-corrected chi connectivity index (χ0v) is 20.8. The Hall–Kier alpha value is -2.42. The molecule has 3 N–H and O–H groups in total. The Morgan fingerprint density at radius 2 is 2.00 bits per heavy atom. The first-order valence-corrected chi connectivity index (χ1v) is 12.8. The summed E-state index contributed by atoms with van der Waals surface area (Å²) in [7, 11) is 0. The van der Waals surface area contributed by atoms with Gasteiger partial charge in [0.05, 0.1) is 22.5 Å². The quantitative estimate of drug-likeness (QED) is 0.313. The van der Waals surface area contributed by atoms with E-state index in [0.717, 1.165) is 57.7 Å². The fourth-order valence-corrected chi connectivity index (χ4v) is 5.42. The third-order valence-corrected chi connectivity index (χ3v) is 7.71. The largest absolute Gasteiger partial charge is 0.370 e. The first-order chi connectivity index (χ1) is 16.0. The van der Waals surface area contributed by atoms with Crippen LogP contribution in [0.3, 0.4) is 0 Å². The van der Waals surface area contributed by atoms with Crippen LogP contribution in [0, 0.1) is 5.92 Å². The molecule has 7 nitrogen and oxygen atoms in total. The molecule has 0 radical (unpaired) electrons. The molecule has 1 unspecified atom stereocenters. The van der Waals surface area contributed by atoms with Gasteiger partial charge in [0.15, 0.2) is 5.65 Å². The molecule has 174 valence electrons. The Bertz CT molecular complexity index is 1260. The average Bonchev–Trinajstić information content (AvgIpc) is 3.42. The third kappa shape index (κ3) is 4.78. The molecule has 0 aliphatic carbocycles. The van der Waals surface area contributed by atoms with E-state index in [1.54, 1.807) is 11.3 Å². The molecular weight excluding hydrogens is 454 g/mol. The van der Waals surface area contributed by atoms with E-state index in [2.05, 4.69) is 47.9 Å². The highest BCUT2D eigenvalue weighted by Gasteiger charge is 2.19. The van der Waals surface area contributed by atoms with E-state index in [4.69, 9.17) is 21.6 Å². The van der Waals surface area contributed by atoms with Crippen molar-refractivity contribution in [2.45, 2.75) is 45.6 Å². The minimum atomic E-state index is 0.00995. The molecule has 0 bridgehead atoms. The van der Waals surface area contributed by atoms with Crippen molar-refractivity contribution in [3.63, 3.8) is 0 Å². The molecule has 4 aromatic rings. The fourth-order valence-electron chi connectivity index (χ4n) is 4.30. The summed E-state index contributed by atoms with van der Waals surface area (Å²) in [6.45, 7) is 9.60. The van der Waals surface area contributed by atoms with Crippen LogP contribution >= 0.6 is 22.9 Å². The molecule has 5 rings (SSSR count). The van der Waals surface area contributed by atoms with Gasteiger partial charge in [0.25, 0.3) is 0 Å². The van der Waals surface area contributed by atoms with Crippen LogP contribution in [-0.4, -0.2) is 39.2 Å². The van der Waals surface area contributed by atoms with Gasteiger partial charge in [-0.25, -0.2) is 9.97 Å². The van der Waals surface area contributed by atoms with Gasteiger partial charge < -0.3 is 16.0 Å². The van der Waals surface area contributed by atoms with Crippen LogP contribution in [-0.2, 0) is 0 Å². The Balaban J connectivity index is 1.44. The zero-order valence-electron chi connectivity index (χ0n) is 19.2. The van der Waals surface area contributed by atoms with Crippen molar-refractivity contribution in [2.24, 2.45) is 5.92 Å². The van der Waals surface area contributed by atoms with Crippen LogP contribution in [0.5, 0.6) is 0 Å². The molecule has 9 heteroatoms. The second-order valence-electron chi connectivity index (χ2n) is 9.12. The SMILES string of the molecule is CC(C)c1cnn2c(NC(C)c3nc4cc(Cl)ccc4s3)cc(NCC3CCNCC3)nc12. The van der Waals surface area contributed by atoms with E-state index in [1.165, 1.54) is 12.8 Å². The molecule has 33 heavy (non-hydrogen) atoms. The molecule has 0 amide bonds. The lowest BCUT2D eigenvalue weighted by Crippen LogP contribution is -2.31. The number of nitrogens with zero attached hydrogens (tertiary/aromatic N) is 4. The maximum Gasteiger partial charge on any atom is 0.163 e. The molecule has 1 aliphatic heterocycles. The minimum Gasteiger partial charge on any atom is -0.370 e. The first kappa shape index (κ1) is 22.4. The van der Waals surface area contributed by atoms with Crippen LogP contribution in [0.25, 0.3) is 15.9 Å². The van der Waals surface area contributed by atoms with Crippen molar-refractivity contribution >= 4 is 50.4 Å². The Labute approximate surface area is 203 Å². The predicted octanol–water partition coefficient (Wildman–Crippen LogP) is 5.70. The molecule has 1 saturated heterocycles. The van der Waals surface area contributed by atoms with Crippen molar-refractivity contribution in [2.75, 3.05) is 30.3 Å². The third-order valence-electron chi connectivity index (χ3n) is 6.25. The van der Waals surface area contributed by atoms with Gasteiger partial charge in [0.1, 0.15) is 16.6 Å². The van der Waals surface area contributed by atoms with Gasteiger partial charge in [-0.15, -0.1) is 11.3 Å². The summed E-state index contributed by atoms with van der Waals surface area (Å²) in [5.41, 5.74) is 2.97. The summed E-state index contributed by atoms with van der Waals surface area (Å²) in [4.78, 5) is 9.74. The van der Waals surface area contributed by atoms with Gasteiger partial charge in [-0.05, 0) is 62.9 Å². The lowest BCUT2D eigenvalue weighted by atomic mass is 9.98. The van der Waals surface area contributed by atoms with Crippen molar-refractivity contribution in [3.8, 4) is 0 Å². The van der Waals surface area contributed by atoms with E-state index in [-0.39, 0.29) is 6.04 Å². The lowest BCUT2D eigenvalue weighted by Gasteiger charge is -2.23. The average molecular weight is 484 g/mol. The van der Waals surface area contributed by atoms with Crippen molar-refractivity contribution in [1.29, 1.82) is 0 Å². The topological polar surface area (TPSA) is 79.2 Å². The molecule has 1 atom stereocenters. The monoisotopic (exact) mass is 483 g/mol. The van der Waals surface area contributed by atoms with Crippen molar-refractivity contribution < 1.29 is 0 Å². The van der Waals surface area contributed by atoms with Gasteiger partial charge in [-0.3, -0.25) is 0 Å². The normalized spacial score (nSPS) is 16.0. The number of nitrogens with one attached hydrogen (secondary N) is 3. The zero-order chi connectivity index (χ0) is 22.9. The van der Waals surface area contributed by atoms with Gasteiger partial charge in [-0.2, -0.15) is 9.61 Å². The highest BCUT2D eigenvalue weighted by molar-refractivity contribution is 7.18. The molecule has 3 aromatic heterocycles. The number of hydrogen-bond donors (Lipinski definition) is 3. The van der Waals surface area contributed by atoms with Crippen LogP contribution in [0.1, 0.15) is 56.1 Å². The van der Waals surface area contributed by atoms with E-state index >= 15 is 0 Å². The van der Waals surface area contributed by atoms with Gasteiger partial charge in [-0.1, -0.05) is 25.4 Å². The summed E-state index contributed by atoms with van der Waals surface area (Å²) in [6, 6.07) is 7.93. The molecule has 1 aliphatic rings. The standard InChI is InChI=1S/C24H30ClN7S/c1-14(2)18-13-28-32-22(11-21(31-23(18)32)27-12-16-6-8-26-9-7-16)29-15(3)24-30-19-10-17(25)4-5-20(19)33-24/h4-5,10-11,13-16,26,29H,6-9,12H2,1-3H3,(H,27,31). The summed E-state index contributed by atoms with van der Waals surface area (Å²) < 4.78 is 3.04. The highest BCUT2D eigenvalue weighted by Crippen LogP contribution is 2.31. The molecule has 0 saturated carbocycles. The molecule has 1 fully saturated rings. The van der Waals surface area contributed by atoms with E-state index < -0.39 is 0 Å². The summed E-state index contributed by atoms with van der Waals surface area (Å²) in [5, 5.41) is 17.0. The summed E-state index contributed by atoms with van der Waals surface area (Å²) in [5.74, 6) is 2.80. The van der Waals surface area contributed by atoms with Gasteiger partial charge in [0.2, 0.25) is 0 Å². The Morgan fingerprint density at radius 1 is 1.18 bits per heavy atom.